The van der Waals surface area contributed by atoms with E-state index in [1.807, 2.05) is 0 Å². The van der Waals surface area contributed by atoms with Crippen molar-refractivity contribution in [2.45, 2.75) is 23.8 Å². The minimum atomic E-state index is -5.48. The van der Waals surface area contributed by atoms with Crippen LogP contribution in [0.1, 0.15) is 0 Å². The molecular formula is C8H4F7N. The molecule has 0 spiro atoms. The van der Waals surface area contributed by atoms with E-state index in [0.29, 0.717) is 18.2 Å². The van der Waals surface area contributed by atoms with Gasteiger partial charge in [0.2, 0.25) is 0 Å². The second-order valence-corrected chi connectivity index (χ2v) is 3.45. The van der Waals surface area contributed by atoms with E-state index in [4.69, 9.17) is 0 Å². The van der Waals surface area contributed by atoms with Gasteiger partial charge in [-0.05, 0) is 12.2 Å². The van der Waals surface area contributed by atoms with Crippen molar-refractivity contribution in [3.8, 4) is 0 Å². The lowest BCUT2D eigenvalue weighted by molar-refractivity contribution is -0.308. The van der Waals surface area contributed by atoms with E-state index < -0.39 is 34.6 Å². The molecule has 0 aromatic heterocycles. The summed E-state index contributed by atoms with van der Waals surface area (Å²) in [5.74, 6) is -5.48. The number of alkyl halides is 6. The molecule has 1 heterocycles. The standard InChI is InChI=1S/C8H4F7N/c9-4-2-1-3-5-6(4,10)7(11,12)8(13,14)16(5)15/h1-4H. The molecular weight excluding hydrogens is 243 g/mol. The summed E-state index contributed by atoms with van der Waals surface area (Å²) < 4.78 is 91.1. The molecule has 0 radical (unpaired) electrons. The highest BCUT2D eigenvalue weighted by Crippen LogP contribution is 2.61. The molecule has 0 bridgehead atoms. The number of hydrogen-bond donors (Lipinski definition) is 0. The van der Waals surface area contributed by atoms with E-state index >= 15 is 0 Å². The molecule has 0 aromatic rings. The van der Waals surface area contributed by atoms with Crippen LogP contribution in [0.25, 0.3) is 0 Å². The van der Waals surface area contributed by atoms with Gasteiger partial charge in [0, 0.05) is 0 Å². The number of allylic oxidation sites excluding steroid dienone is 4. The fourth-order valence-electron chi connectivity index (χ4n) is 1.68. The molecule has 0 amide bonds. The Hall–Kier alpha value is -1.21. The Morgan fingerprint density at radius 3 is 2.19 bits per heavy atom. The van der Waals surface area contributed by atoms with Crippen LogP contribution < -0.4 is 0 Å². The fourth-order valence-corrected chi connectivity index (χ4v) is 1.68. The number of halogens is 7. The summed E-state index contributed by atoms with van der Waals surface area (Å²) in [6, 6.07) is -5.41. The van der Waals surface area contributed by atoms with Crippen molar-refractivity contribution in [2.75, 3.05) is 0 Å². The molecule has 1 saturated heterocycles. The number of rotatable bonds is 0. The predicted octanol–water partition coefficient (Wildman–Crippen LogP) is 2.91. The molecule has 1 aliphatic heterocycles. The monoisotopic (exact) mass is 247 g/mol. The minimum Gasteiger partial charge on any atom is -0.239 e. The van der Waals surface area contributed by atoms with Gasteiger partial charge in [0.1, 0.15) is 5.70 Å². The molecule has 0 saturated carbocycles. The van der Waals surface area contributed by atoms with Crippen molar-refractivity contribution >= 4 is 0 Å². The molecule has 16 heavy (non-hydrogen) atoms. The molecule has 0 N–H and O–H groups in total. The average molecular weight is 247 g/mol. The smallest absolute Gasteiger partial charge is 0.239 e. The van der Waals surface area contributed by atoms with Gasteiger partial charge in [-0.2, -0.15) is 17.6 Å². The summed E-state index contributed by atoms with van der Waals surface area (Å²) in [5.41, 5.74) is -6.09. The molecule has 2 aliphatic rings. The zero-order chi connectivity index (χ0) is 12.4. The first-order chi connectivity index (χ1) is 7.17. The first-order valence-corrected chi connectivity index (χ1v) is 4.11. The Morgan fingerprint density at radius 1 is 1.12 bits per heavy atom. The van der Waals surface area contributed by atoms with Crippen molar-refractivity contribution in [2.24, 2.45) is 0 Å². The van der Waals surface area contributed by atoms with Gasteiger partial charge in [-0.3, -0.25) is 0 Å². The molecule has 2 atom stereocenters. The second-order valence-electron chi connectivity index (χ2n) is 3.45. The Balaban J connectivity index is 2.66. The second kappa shape index (κ2) is 2.72. The summed E-state index contributed by atoms with van der Waals surface area (Å²) >= 11 is 0. The van der Waals surface area contributed by atoms with Crippen molar-refractivity contribution in [1.82, 2.24) is 5.12 Å². The topological polar surface area (TPSA) is 3.24 Å². The molecule has 8 heteroatoms. The van der Waals surface area contributed by atoms with Crippen molar-refractivity contribution in [3.05, 3.63) is 23.9 Å². The number of hydrogen-bond acceptors (Lipinski definition) is 1. The third-order valence-electron chi connectivity index (χ3n) is 2.58. The van der Waals surface area contributed by atoms with Crippen LogP contribution in [0.2, 0.25) is 0 Å². The van der Waals surface area contributed by atoms with Gasteiger partial charge in [0.15, 0.2) is 6.17 Å². The summed E-state index contributed by atoms with van der Waals surface area (Å²) in [5, 5.41) is -1.72. The van der Waals surface area contributed by atoms with Gasteiger partial charge < -0.3 is 0 Å². The largest absolute Gasteiger partial charge is 0.417 e. The van der Waals surface area contributed by atoms with Crippen LogP contribution >= 0.6 is 0 Å². The van der Waals surface area contributed by atoms with Gasteiger partial charge in [0.25, 0.3) is 5.67 Å². The zero-order valence-electron chi connectivity index (χ0n) is 7.40. The Bertz CT molecular complexity index is 388. The lowest BCUT2D eigenvalue weighted by atomic mass is 9.88. The van der Waals surface area contributed by atoms with E-state index in [2.05, 4.69) is 0 Å². The van der Waals surface area contributed by atoms with E-state index in [1.54, 1.807) is 0 Å². The number of nitrogens with zero attached hydrogens (tertiary/aromatic N) is 1. The predicted molar refractivity (Wildman–Crippen MR) is 38.8 cm³/mol. The highest BCUT2D eigenvalue weighted by Gasteiger charge is 2.84. The third kappa shape index (κ3) is 0.886. The van der Waals surface area contributed by atoms with Crippen LogP contribution in [-0.4, -0.2) is 28.9 Å². The van der Waals surface area contributed by atoms with Crippen LogP contribution in [0.4, 0.5) is 30.8 Å². The maximum atomic E-state index is 13.7. The van der Waals surface area contributed by atoms with E-state index in [-0.39, 0.29) is 0 Å². The highest BCUT2D eigenvalue weighted by atomic mass is 19.3. The lowest BCUT2D eigenvalue weighted by Crippen LogP contribution is -2.55. The zero-order valence-corrected chi connectivity index (χ0v) is 7.40. The van der Waals surface area contributed by atoms with Gasteiger partial charge in [-0.1, -0.05) is 10.6 Å². The van der Waals surface area contributed by atoms with Gasteiger partial charge >= 0.3 is 12.0 Å². The molecule has 0 aromatic carbocycles. The van der Waals surface area contributed by atoms with Crippen LogP contribution in [0.5, 0.6) is 0 Å². The van der Waals surface area contributed by atoms with Crippen molar-refractivity contribution in [1.29, 1.82) is 0 Å². The van der Waals surface area contributed by atoms with Gasteiger partial charge in [-0.25, -0.2) is 8.78 Å². The van der Waals surface area contributed by atoms with Crippen LogP contribution in [0.15, 0.2) is 23.9 Å². The van der Waals surface area contributed by atoms with E-state index in [9.17, 15) is 30.8 Å². The summed E-state index contributed by atoms with van der Waals surface area (Å²) in [6.07, 6.45) is -1.66. The first kappa shape index (κ1) is 11.3. The molecule has 1 aliphatic carbocycles. The third-order valence-corrected chi connectivity index (χ3v) is 2.58. The SMILES string of the molecule is FC1C=CC=C2N(F)C(F)(F)C(F)(F)C21F. The van der Waals surface area contributed by atoms with Gasteiger partial charge in [-0.15, -0.1) is 5.12 Å². The average Bonchev–Trinajstić information content (AvgIpc) is 2.29. The van der Waals surface area contributed by atoms with E-state index in [1.165, 1.54) is 0 Å². The molecule has 1 nitrogen and oxygen atoms in total. The Morgan fingerprint density at radius 2 is 1.69 bits per heavy atom. The van der Waals surface area contributed by atoms with Crippen molar-refractivity contribution < 1.29 is 30.8 Å². The Kier molecular flexibility index (Phi) is 1.92. The molecule has 2 rings (SSSR count). The van der Waals surface area contributed by atoms with Crippen LogP contribution in [0, 0.1) is 0 Å². The summed E-state index contributed by atoms with van der Waals surface area (Å²) in [4.78, 5) is 0. The minimum absolute atomic E-state index is 0.326. The Labute approximate surface area is 84.8 Å². The molecule has 2 unspecified atom stereocenters. The normalized spacial score (nSPS) is 39.6. The quantitative estimate of drug-likeness (QED) is 0.361. The lowest BCUT2D eigenvalue weighted by Gasteiger charge is -2.29. The molecule has 1 fully saturated rings. The first-order valence-electron chi connectivity index (χ1n) is 4.11. The fraction of sp³-hybridized carbons (Fsp3) is 0.500. The van der Waals surface area contributed by atoms with Gasteiger partial charge in [0.05, 0.1) is 0 Å². The van der Waals surface area contributed by atoms with Crippen LogP contribution in [-0.2, 0) is 0 Å². The highest BCUT2D eigenvalue weighted by molar-refractivity contribution is 5.39. The molecule has 90 valence electrons. The summed E-state index contributed by atoms with van der Waals surface area (Å²) in [7, 11) is 0. The van der Waals surface area contributed by atoms with Crippen LogP contribution in [0.3, 0.4) is 0 Å². The summed E-state index contributed by atoms with van der Waals surface area (Å²) in [6.45, 7) is 0. The number of fused-ring (bicyclic) bond motifs is 1. The van der Waals surface area contributed by atoms with E-state index in [0.717, 1.165) is 0 Å². The maximum absolute atomic E-state index is 13.7. The maximum Gasteiger partial charge on any atom is 0.417 e. The van der Waals surface area contributed by atoms with Crippen molar-refractivity contribution in [3.63, 3.8) is 0 Å².